The first-order chi connectivity index (χ1) is 15.8. The zero-order chi connectivity index (χ0) is 24.0. The molecule has 0 saturated heterocycles. The molecule has 0 N–H and O–H groups in total. The van der Waals surface area contributed by atoms with Crippen LogP contribution in [0.5, 0.6) is 0 Å². The highest BCUT2D eigenvalue weighted by molar-refractivity contribution is 5.97. The molecule has 0 spiro atoms. The summed E-state index contributed by atoms with van der Waals surface area (Å²) in [6, 6.07) is 13.9. The van der Waals surface area contributed by atoms with Crippen LogP contribution in [0.3, 0.4) is 0 Å². The van der Waals surface area contributed by atoms with Gasteiger partial charge in [-0.2, -0.15) is 5.10 Å². The van der Waals surface area contributed by atoms with Gasteiger partial charge in [-0.05, 0) is 39.0 Å². The second-order valence-electron chi connectivity index (χ2n) is 7.36. The maximum Gasteiger partial charge on any atom is 0.340 e. The number of rotatable bonds is 7. The van der Waals surface area contributed by atoms with E-state index in [1.54, 1.807) is 19.1 Å². The number of pyridine rings is 1. The van der Waals surface area contributed by atoms with Crippen LogP contribution in [0, 0.1) is 0 Å². The van der Waals surface area contributed by atoms with Crippen molar-refractivity contribution in [1.82, 2.24) is 14.8 Å². The third kappa shape index (κ3) is 5.41. The second-order valence-corrected chi connectivity index (χ2v) is 7.36. The maximum atomic E-state index is 12.6. The van der Waals surface area contributed by atoms with Crippen LogP contribution >= 0.6 is 0 Å². The number of hydrogen-bond acceptors (Lipinski definition) is 7. The fraction of sp³-hybridized carbons (Fsp3) is 0.240. The smallest absolute Gasteiger partial charge is 0.340 e. The first-order valence-electron chi connectivity index (χ1n) is 10.5. The normalized spacial score (nSPS) is 11.1. The monoisotopic (exact) mass is 447 g/mol. The second kappa shape index (κ2) is 10.5. The molecule has 0 aliphatic heterocycles. The predicted molar refractivity (Wildman–Crippen MR) is 125 cm³/mol. The first-order valence-corrected chi connectivity index (χ1v) is 10.5. The molecule has 0 aliphatic rings. The molecule has 0 bridgehead atoms. The maximum absolute atomic E-state index is 12.6. The minimum Gasteiger partial charge on any atom is -0.465 e. The molecule has 3 rings (SSSR count). The van der Waals surface area contributed by atoms with Crippen molar-refractivity contribution in [3.63, 3.8) is 0 Å². The van der Waals surface area contributed by atoms with E-state index in [-0.39, 0.29) is 29.5 Å². The topological polar surface area (TPSA) is 100 Å². The fourth-order valence-corrected chi connectivity index (χ4v) is 3.22. The molecule has 3 aromatic rings. The van der Waals surface area contributed by atoms with E-state index in [2.05, 4.69) is 5.10 Å². The van der Waals surface area contributed by atoms with Crippen molar-refractivity contribution in [2.24, 2.45) is 0 Å². The molecule has 0 aliphatic carbocycles. The number of carbonyl (C=O) groups is 2. The van der Waals surface area contributed by atoms with Gasteiger partial charge in [0.25, 0.3) is 5.56 Å². The lowest BCUT2D eigenvalue weighted by Crippen LogP contribution is -2.24. The molecule has 2 aromatic heterocycles. The molecular formula is C25H25N3O5. The van der Waals surface area contributed by atoms with Crippen LogP contribution in [-0.4, -0.2) is 40.4 Å². The zero-order valence-electron chi connectivity index (χ0n) is 18.9. The number of ether oxygens (including phenoxy) is 2. The largest absolute Gasteiger partial charge is 0.465 e. The highest BCUT2D eigenvalue weighted by Gasteiger charge is 2.20. The molecule has 0 unspecified atom stereocenters. The average molecular weight is 447 g/mol. The quantitative estimate of drug-likeness (QED) is 0.400. The van der Waals surface area contributed by atoms with E-state index in [1.165, 1.54) is 30.0 Å². The van der Waals surface area contributed by atoms with E-state index in [1.807, 2.05) is 44.2 Å². The Morgan fingerprint density at radius 2 is 1.85 bits per heavy atom. The van der Waals surface area contributed by atoms with E-state index in [0.717, 1.165) is 5.56 Å². The highest BCUT2D eigenvalue weighted by atomic mass is 16.5. The van der Waals surface area contributed by atoms with Gasteiger partial charge in [-0.3, -0.25) is 4.79 Å². The van der Waals surface area contributed by atoms with Crippen LogP contribution in [0.1, 0.15) is 42.9 Å². The van der Waals surface area contributed by atoms with Crippen molar-refractivity contribution < 1.29 is 19.1 Å². The van der Waals surface area contributed by atoms with E-state index in [9.17, 15) is 14.4 Å². The third-order valence-electron chi connectivity index (χ3n) is 4.76. The van der Waals surface area contributed by atoms with Crippen LogP contribution < -0.4 is 5.56 Å². The molecule has 170 valence electrons. The first kappa shape index (κ1) is 23.6. The highest BCUT2D eigenvalue weighted by Crippen LogP contribution is 2.32. The minimum atomic E-state index is -0.621. The summed E-state index contributed by atoms with van der Waals surface area (Å²) in [6.45, 7) is 5.65. The van der Waals surface area contributed by atoms with Gasteiger partial charge in [-0.15, -0.1) is 0 Å². The van der Waals surface area contributed by atoms with Gasteiger partial charge >= 0.3 is 11.9 Å². The van der Waals surface area contributed by atoms with Gasteiger partial charge in [0.15, 0.2) is 0 Å². The summed E-state index contributed by atoms with van der Waals surface area (Å²) in [5, 5.41) is 4.50. The number of methoxy groups -OCH3 is 1. The Kier molecular flexibility index (Phi) is 7.50. The molecule has 33 heavy (non-hydrogen) atoms. The Morgan fingerprint density at radius 1 is 1.12 bits per heavy atom. The minimum absolute atomic E-state index is 0.150. The molecule has 2 heterocycles. The van der Waals surface area contributed by atoms with Crippen molar-refractivity contribution in [3.05, 3.63) is 76.2 Å². The van der Waals surface area contributed by atoms with Gasteiger partial charge < -0.3 is 9.47 Å². The summed E-state index contributed by atoms with van der Waals surface area (Å²) in [7, 11) is 1.27. The lowest BCUT2D eigenvalue weighted by atomic mass is 9.99. The number of esters is 2. The summed E-state index contributed by atoms with van der Waals surface area (Å²) in [6.07, 6.45) is 2.63. The Labute approximate surface area is 191 Å². The molecule has 8 nitrogen and oxygen atoms in total. The molecule has 0 radical (unpaired) electrons. The number of benzene rings is 1. The molecule has 0 amide bonds. The third-order valence-corrected chi connectivity index (χ3v) is 4.76. The summed E-state index contributed by atoms with van der Waals surface area (Å²) >= 11 is 0. The average Bonchev–Trinajstić information content (AvgIpc) is 2.82. The van der Waals surface area contributed by atoms with Crippen molar-refractivity contribution in [3.8, 4) is 22.5 Å². The standard InChI is InChI=1S/C25H25N3O5/c1-5-33-23(30)14-12-20-19(25(31)32-4)15-18(24(26-20)17-9-7-6-8-10-17)21-11-13-22(29)28(27-21)16(2)3/h6-16H,5H2,1-4H3. The van der Waals surface area contributed by atoms with Crippen molar-refractivity contribution in [2.75, 3.05) is 13.7 Å². The van der Waals surface area contributed by atoms with E-state index in [4.69, 9.17) is 14.5 Å². The van der Waals surface area contributed by atoms with Crippen LogP contribution in [0.15, 0.2) is 59.4 Å². The fourth-order valence-electron chi connectivity index (χ4n) is 3.22. The zero-order valence-corrected chi connectivity index (χ0v) is 18.9. The Morgan fingerprint density at radius 3 is 2.48 bits per heavy atom. The molecule has 0 fully saturated rings. The van der Waals surface area contributed by atoms with Crippen molar-refractivity contribution in [2.45, 2.75) is 26.8 Å². The SMILES string of the molecule is CCOC(=O)C=Cc1nc(-c2ccccc2)c(-c2ccc(=O)n(C(C)C)n2)cc1C(=O)OC. The predicted octanol–water partition coefficient (Wildman–Crippen LogP) is 3.92. The number of carbonyl (C=O) groups excluding carboxylic acids is 2. The van der Waals surface area contributed by atoms with E-state index in [0.29, 0.717) is 17.0 Å². The van der Waals surface area contributed by atoms with Gasteiger partial charge in [0.05, 0.1) is 42.4 Å². The summed E-state index contributed by atoms with van der Waals surface area (Å²) in [4.78, 5) is 41.4. The van der Waals surface area contributed by atoms with Gasteiger partial charge in [0, 0.05) is 23.3 Å². The van der Waals surface area contributed by atoms with Gasteiger partial charge in [-0.1, -0.05) is 30.3 Å². The van der Waals surface area contributed by atoms with Crippen LogP contribution in [0.25, 0.3) is 28.6 Å². The van der Waals surface area contributed by atoms with Crippen LogP contribution in [-0.2, 0) is 14.3 Å². The lowest BCUT2D eigenvalue weighted by Gasteiger charge is -2.15. The number of nitrogens with zero attached hydrogens (tertiary/aromatic N) is 3. The van der Waals surface area contributed by atoms with Crippen LogP contribution in [0.2, 0.25) is 0 Å². The van der Waals surface area contributed by atoms with Gasteiger partial charge in [-0.25, -0.2) is 19.3 Å². The summed E-state index contributed by atoms with van der Waals surface area (Å²) in [5.74, 6) is -1.17. The van der Waals surface area contributed by atoms with E-state index >= 15 is 0 Å². The Bertz CT molecular complexity index is 1250. The molecule has 8 heteroatoms. The summed E-state index contributed by atoms with van der Waals surface area (Å²) < 4.78 is 11.2. The molecule has 1 aromatic carbocycles. The van der Waals surface area contributed by atoms with Crippen molar-refractivity contribution in [1.29, 1.82) is 0 Å². The van der Waals surface area contributed by atoms with Gasteiger partial charge in [0.2, 0.25) is 0 Å². The molecule has 0 atom stereocenters. The lowest BCUT2D eigenvalue weighted by molar-refractivity contribution is -0.137. The Balaban J connectivity index is 2.30. The molecular weight excluding hydrogens is 422 g/mol. The van der Waals surface area contributed by atoms with Crippen molar-refractivity contribution >= 4 is 18.0 Å². The molecule has 0 saturated carbocycles. The van der Waals surface area contributed by atoms with Crippen LogP contribution in [0.4, 0.5) is 0 Å². The van der Waals surface area contributed by atoms with Gasteiger partial charge in [0.1, 0.15) is 0 Å². The number of aromatic nitrogens is 3. The summed E-state index contributed by atoms with van der Waals surface area (Å²) in [5.41, 5.74) is 2.49. The van der Waals surface area contributed by atoms with E-state index < -0.39 is 11.9 Å². The Hall–Kier alpha value is -4.07. The number of hydrogen-bond donors (Lipinski definition) is 0.